The number of ether oxygens (including phenoxy) is 1. The largest absolute Gasteiger partial charge is 0.380 e. The summed E-state index contributed by atoms with van der Waals surface area (Å²) in [7, 11) is 1.99. The first-order valence-corrected chi connectivity index (χ1v) is 6.61. The Balaban J connectivity index is 2.41. The summed E-state index contributed by atoms with van der Waals surface area (Å²) in [5, 5.41) is 0. The summed E-state index contributed by atoms with van der Waals surface area (Å²) >= 11 is 0. The summed E-state index contributed by atoms with van der Waals surface area (Å²) < 4.78 is 5.32. The number of guanidine groups is 1. The summed E-state index contributed by atoms with van der Waals surface area (Å²) in [5.41, 5.74) is 2.70. The molecule has 0 saturated heterocycles. The van der Waals surface area contributed by atoms with Crippen LogP contribution in [0.1, 0.15) is 39.0 Å². The maximum atomic E-state index is 5.53. The molecule has 0 aromatic heterocycles. The van der Waals surface area contributed by atoms with E-state index in [2.05, 4.69) is 10.4 Å². The predicted octanol–water partition coefficient (Wildman–Crippen LogP) is 1.11. The van der Waals surface area contributed by atoms with Gasteiger partial charge in [-0.3, -0.25) is 5.43 Å². The number of hydrogen-bond donors (Lipinski definition) is 2. The Morgan fingerprint density at radius 1 is 1.41 bits per heavy atom. The van der Waals surface area contributed by atoms with Crippen LogP contribution in [0.25, 0.3) is 0 Å². The molecule has 1 aliphatic rings. The minimum Gasteiger partial charge on any atom is -0.380 e. The first-order valence-electron chi connectivity index (χ1n) is 6.61. The quantitative estimate of drug-likeness (QED) is 0.249. The van der Waals surface area contributed by atoms with Crippen LogP contribution in [0.15, 0.2) is 4.99 Å². The van der Waals surface area contributed by atoms with Crippen molar-refractivity contribution >= 4 is 5.96 Å². The molecule has 0 spiro atoms. The highest BCUT2D eigenvalue weighted by Gasteiger charge is 2.14. The Kier molecular flexibility index (Phi) is 6.96. The Bertz CT molecular complexity index is 227. The lowest BCUT2D eigenvalue weighted by Crippen LogP contribution is -2.44. The molecule has 5 nitrogen and oxygen atoms in total. The number of nitrogens with two attached hydrogens (primary N) is 1. The van der Waals surface area contributed by atoms with Gasteiger partial charge in [0.05, 0.1) is 12.6 Å². The third kappa shape index (κ3) is 5.37. The van der Waals surface area contributed by atoms with Crippen molar-refractivity contribution in [3.05, 3.63) is 0 Å². The molecule has 0 radical (unpaired) electrons. The molecule has 1 aliphatic carbocycles. The van der Waals surface area contributed by atoms with Gasteiger partial charge in [0.15, 0.2) is 0 Å². The predicted molar refractivity (Wildman–Crippen MR) is 70.8 cm³/mol. The number of likely N-dealkylation sites (N-methyl/N-ethyl adjacent to an activating group) is 1. The molecule has 0 heterocycles. The molecule has 0 aromatic rings. The summed E-state index contributed by atoms with van der Waals surface area (Å²) in [6.45, 7) is 4.26. The number of aliphatic imine (C=N–C) groups is 1. The van der Waals surface area contributed by atoms with E-state index in [4.69, 9.17) is 10.6 Å². The highest BCUT2D eigenvalue weighted by molar-refractivity contribution is 5.79. The molecule has 1 fully saturated rings. The van der Waals surface area contributed by atoms with Crippen LogP contribution >= 0.6 is 0 Å². The summed E-state index contributed by atoms with van der Waals surface area (Å²) in [6, 6.07) is 0.435. The molecule has 0 aliphatic heterocycles. The highest BCUT2D eigenvalue weighted by atomic mass is 16.5. The van der Waals surface area contributed by atoms with E-state index in [0.29, 0.717) is 12.6 Å². The fourth-order valence-corrected chi connectivity index (χ4v) is 2.08. The fraction of sp³-hybridized carbons (Fsp3) is 0.917. The Labute approximate surface area is 104 Å². The van der Waals surface area contributed by atoms with Gasteiger partial charge in [-0.15, -0.1) is 0 Å². The van der Waals surface area contributed by atoms with Gasteiger partial charge < -0.3 is 9.64 Å². The lowest BCUT2D eigenvalue weighted by molar-refractivity contribution is 0.136. The third-order valence-electron chi connectivity index (χ3n) is 3.15. The summed E-state index contributed by atoms with van der Waals surface area (Å²) in [6.07, 6.45) is 6.29. The number of nitrogens with one attached hydrogen (secondary N) is 1. The molecule has 100 valence electrons. The van der Waals surface area contributed by atoms with Crippen molar-refractivity contribution < 1.29 is 4.74 Å². The zero-order valence-electron chi connectivity index (χ0n) is 11.1. The molecule has 17 heavy (non-hydrogen) atoms. The van der Waals surface area contributed by atoms with E-state index in [1.54, 1.807) is 0 Å². The highest BCUT2D eigenvalue weighted by Crippen LogP contribution is 2.20. The van der Waals surface area contributed by atoms with E-state index in [1.165, 1.54) is 32.1 Å². The van der Waals surface area contributed by atoms with E-state index in [9.17, 15) is 0 Å². The molecule has 3 N–H and O–H groups in total. The minimum atomic E-state index is 0.435. The van der Waals surface area contributed by atoms with E-state index in [1.807, 2.05) is 18.9 Å². The van der Waals surface area contributed by atoms with Gasteiger partial charge in [-0.2, -0.15) is 0 Å². The second-order valence-electron chi connectivity index (χ2n) is 4.51. The van der Waals surface area contributed by atoms with Gasteiger partial charge in [-0.1, -0.05) is 19.3 Å². The van der Waals surface area contributed by atoms with Crippen molar-refractivity contribution in [1.82, 2.24) is 10.3 Å². The molecule has 0 bridgehead atoms. The van der Waals surface area contributed by atoms with Gasteiger partial charge in [-0.25, -0.2) is 10.8 Å². The molecule has 0 unspecified atom stereocenters. The Morgan fingerprint density at radius 3 is 2.71 bits per heavy atom. The van der Waals surface area contributed by atoms with Crippen molar-refractivity contribution in [2.24, 2.45) is 10.8 Å². The monoisotopic (exact) mass is 242 g/mol. The third-order valence-corrected chi connectivity index (χ3v) is 3.15. The average molecular weight is 242 g/mol. The van der Waals surface area contributed by atoms with Crippen molar-refractivity contribution in [3.8, 4) is 0 Å². The lowest BCUT2D eigenvalue weighted by Gasteiger charge is -2.24. The second kappa shape index (κ2) is 8.31. The smallest absolute Gasteiger partial charge is 0.208 e. The van der Waals surface area contributed by atoms with E-state index < -0.39 is 0 Å². The molecule has 1 saturated carbocycles. The van der Waals surface area contributed by atoms with Gasteiger partial charge in [0.1, 0.15) is 0 Å². The van der Waals surface area contributed by atoms with Crippen LogP contribution in [-0.2, 0) is 4.74 Å². The van der Waals surface area contributed by atoms with Crippen LogP contribution in [0.5, 0.6) is 0 Å². The van der Waals surface area contributed by atoms with Gasteiger partial charge in [-0.05, 0) is 19.8 Å². The number of hydrazine groups is 1. The molecular formula is C12H26N4O. The fourth-order valence-electron chi connectivity index (χ4n) is 2.08. The number of nitrogens with zero attached hydrogens (tertiary/aromatic N) is 2. The SMILES string of the molecule is CCOCCN(C)C(=NC1CCCCC1)NN. The molecule has 0 amide bonds. The van der Waals surface area contributed by atoms with Crippen LogP contribution in [0.2, 0.25) is 0 Å². The van der Waals surface area contributed by atoms with E-state index in [-0.39, 0.29) is 0 Å². The standard InChI is InChI=1S/C12H26N4O/c1-3-17-10-9-16(2)12(15-13)14-11-7-5-4-6-8-11/h11H,3-10,13H2,1-2H3,(H,14,15). The van der Waals surface area contributed by atoms with Crippen LogP contribution in [-0.4, -0.2) is 43.7 Å². The number of hydrogen-bond acceptors (Lipinski definition) is 3. The molecule has 5 heteroatoms. The van der Waals surface area contributed by atoms with Crippen molar-refractivity contribution in [2.75, 3.05) is 26.8 Å². The molecule has 0 aromatic carbocycles. The van der Waals surface area contributed by atoms with Gasteiger partial charge in [0, 0.05) is 20.2 Å². The first kappa shape index (κ1) is 14.3. The van der Waals surface area contributed by atoms with Gasteiger partial charge in [0.2, 0.25) is 5.96 Å². The Hall–Kier alpha value is -0.810. The zero-order chi connectivity index (χ0) is 12.5. The Morgan fingerprint density at radius 2 is 2.12 bits per heavy atom. The van der Waals surface area contributed by atoms with E-state index in [0.717, 1.165) is 19.1 Å². The van der Waals surface area contributed by atoms with Crippen LogP contribution in [0, 0.1) is 0 Å². The molecule has 1 rings (SSSR count). The maximum Gasteiger partial charge on any atom is 0.208 e. The van der Waals surface area contributed by atoms with Crippen molar-refractivity contribution in [3.63, 3.8) is 0 Å². The lowest BCUT2D eigenvalue weighted by atomic mass is 9.96. The number of rotatable bonds is 5. The van der Waals surface area contributed by atoms with E-state index >= 15 is 0 Å². The minimum absolute atomic E-state index is 0.435. The maximum absolute atomic E-state index is 5.53. The van der Waals surface area contributed by atoms with Gasteiger partial charge in [0.25, 0.3) is 0 Å². The van der Waals surface area contributed by atoms with Crippen LogP contribution in [0.4, 0.5) is 0 Å². The second-order valence-corrected chi connectivity index (χ2v) is 4.51. The summed E-state index contributed by atoms with van der Waals surface area (Å²) in [4.78, 5) is 6.70. The van der Waals surface area contributed by atoms with Crippen LogP contribution in [0.3, 0.4) is 0 Å². The zero-order valence-corrected chi connectivity index (χ0v) is 11.1. The first-order chi connectivity index (χ1) is 8.27. The normalized spacial score (nSPS) is 18.2. The summed E-state index contributed by atoms with van der Waals surface area (Å²) in [5.74, 6) is 6.31. The topological polar surface area (TPSA) is 62.9 Å². The molecular weight excluding hydrogens is 216 g/mol. The van der Waals surface area contributed by atoms with Crippen molar-refractivity contribution in [2.45, 2.75) is 45.1 Å². The molecule has 0 atom stereocenters. The van der Waals surface area contributed by atoms with Crippen molar-refractivity contribution in [1.29, 1.82) is 0 Å². The average Bonchev–Trinajstić information content (AvgIpc) is 2.37. The van der Waals surface area contributed by atoms with Crippen LogP contribution < -0.4 is 11.3 Å². The van der Waals surface area contributed by atoms with Gasteiger partial charge >= 0.3 is 0 Å².